The SMILES string of the molecule is [CH][SiH2]CC. The summed E-state index contributed by atoms with van der Waals surface area (Å²) in [5.74, 6) is 0. The molecule has 0 heterocycles. The van der Waals surface area contributed by atoms with Gasteiger partial charge in [0.1, 0.15) is 0 Å². The first-order valence-corrected chi connectivity index (χ1v) is 3.43. The lowest BCUT2D eigenvalue weighted by atomic mass is 11.0. The first-order valence-electron chi connectivity index (χ1n) is 1.62. The monoisotopic (exact) mass is 72.0 g/mol. The van der Waals surface area contributed by atoms with Crippen molar-refractivity contribution in [1.29, 1.82) is 0 Å². The Kier molecular flexibility index (Phi) is 3.39. The van der Waals surface area contributed by atoms with Crippen molar-refractivity contribution in [2.24, 2.45) is 0 Å². The highest BCUT2D eigenvalue weighted by atomic mass is 28.2. The van der Waals surface area contributed by atoms with E-state index in [0.29, 0.717) is 0 Å². The average Bonchev–Trinajstić information content (AvgIpc) is 1.37. The summed E-state index contributed by atoms with van der Waals surface area (Å²) in [6.07, 6.45) is 0. The third-order valence-corrected chi connectivity index (χ3v) is 0.866. The van der Waals surface area contributed by atoms with Gasteiger partial charge in [0.25, 0.3) is 0 Å². The Balaban J connectivity index is 1.97. The first kappa shape index (κ1) is 4.22. The number of hydrogen-bond donors (Lipinski definition) is 0. The molecule has 0 saturated heterocycles. The quantitative estimate of drug-likeness (QED) is 0.390. The summed E-state index contributed by atoms with van der Waals surface area (Å²) in [4.78, 5) is 0. The van der Waals surface area contributed by atoms with Gasteiger partial charge in [-0.2, -0.15) is 0 Å². The van der Waals surface area contributed by atoms with Crippen molar-refractivity contribution in [3.63, 3.8) is 0 Å². The van der Waals surface area contributed by atoms with Crippen molar-refractivity contribution in [2.75, 3.05) is 0 Å². The standard InChI is InChI=1S/C3H8Si/c1-3-4-2/h2H,3-4H2,1H3. The summed E-state index contributed by atoms with van der Waals surface area (Å²) in [7, 11) is -0.0756. The van der Waals surface area contributed by atoms with E-state index >= 15 is 0 Å². The normalized spacial score (nSPS) is 10.5. The van der Waals surface area contributed by atoms with Gasteiger partial charge in [0.15, 0.2) is 0 Å². The molecule has 0 atom stereocenters. The molecule has 0 spiro atoms. The molecule has 1 heteroatoms. The zero-order valence-electron chi connectivity index (χ0n) is 2.99. The van der Waals surface area contributed by atoms with Gasteiger partial charge in [-0.05, 0) is 0 Å². The van der Waals surface area contributed by atoms with E-state index < -0.39 is 0 Å². The van der Waals surface area contributed by atoms with Crippen LogP contribution in [0.3, 0.4) is 0 Å². The Hall–Kier alpha value is 0.217. The molecule has 0 N–H and O–H groups in total. The van der Waals surface area contributed by atoms with Crippen LogP contribution in [0, 0.1) is 6.55 Å². The van der Waals surface area contributed by atoms with Gasteiger partial charge >= 0.3 is 0 Å². The molecule has 0 unspecified atom stereocenters. The fourth-order valence-corrected chi connectivity index (χ4v) is 0. The highest BCUT2D eigenvalue weighted by Crippen LogP contribution is 1.63. The lowest BCUT2D eigenvalue weighted by molar-refractivity contribution is 1.46. The Labute approximate surface area is 30.0 Å². The maximum Gasteiger partial charge on any atom is 0.0228 e. The third-order valence-electron chi connectivity index (χ3n) is 0.289. The maximum absolute atomic E-state index is 5.17. The van der Waals surface area contributed by atoms with Gasteiger partial charge in [0.2, 0.25) is 0 Å². The molecule has 4 heavy (non-hydrogen) atoms. The first-order chi connectivity index (χ1) is 1.91. The van der Waals surface area contributed by atoms with Gasteiger partial charge in [0, 0.05) is 9.52 Å². The summed E-state index contributed by atoms with van der Waals surface area (Å²) in [6.45, 7) is 7.28. The van der Waals surface area contributed by atoms with Gasteiger partial charge in [-0.25, -0.2) is 0 Å². The molecule has 0 fully saturated rings. The Morgan fingerprint density at radius 3 is 2.25 bits per heavy atom. The lowest BCUT2D eigenvalue weighted by Crippen LogP contribution is -1.68. The number of hydrogen-bond acceptors (Lipinski definition) is 0. The zero-order valence-corrected chi connectivity index (χ0v) is 4.41. The van der Waals surface area contributed by atoms with Crippen LogP contribution in [0.4, 0.5) is 0 Å². The third kappa shape index (κ3) is 2.22. The van der Waals surface area contributed by atoms with Crippen LogP contribution in [0.1, 0.15) is 6.92 Å². The second-order valence-corrected chi connectivity index (χ2v) is 2.37. The molecule has 0 aromatic heterocycles. The van der Waals surface area contributed by atoms with Crippen LogP contribution < -0.4 is 0 Å². The molecule has 0 aromatic carbocycles. The molecular weight excluding hydrogens is 64.1 g/mol. The van der Waals surface area contributed by atoms with Crippen molar-refractivity contribution in [2.45, 2.75) is 13.0 Å². The molecular formula is C3H8Si. The second-order valence-electron chi connectivity index (χ2n) is 0.789. The maximum atomic E-state index is 5.17. The second kappa shape index (κ2) is 3.22. The highest BCUT2D eigenvalue weighted by Gasteiger charge is 1.59. The Morgan fingerprint density at radius 2 is 2.25 bits per heavy atom. The zero-order chi connectivity index (χ0) is 3.41. The van der Waals surface area contributed by atoms with E-state index in [0.717, 1.165) is 0 Å². The Morgan fingerprint density at radius 1 is 2.00 bits per heavy atom. The summed E-state index contributed by atoms with van der Waals surface area (Å²) < 4.78 is 0. The summed E-state index contributed by atoms with van der Waals surface area (Å²) in [5.41, 5.74) is 0. The van der Waals surface area contributed by atoms with Crippen LogP contribution in [-0.4, -0.2) is 9.52 Å². The fraction of sp³-hybridized carbons (Fsp3) is 0.667. The van der Waals surface area contributed by atoms with Crippen LogP contribution in [0.5, 0.6) is 0 Å². The molecule has 2 radical (unpaired) electrons. The molecule has 24 valence electrons. The summed E-state index contributed by atoms with van der Waals surface area (Å²) in [5, 5.41) is 0. The molecule has 0 aliphatic heterocycles. The van der Waals surface area contributed by atoms with Gasteiger partial charge in [-0.3, -0.25) is 0 Å². The fourth-order valence-electron chi connectivity index (χ4n) is 0. The molecule has 0 amide bonds. The predicted octanol–water partition coefficient (Wildman–Crippen LogP) is 0.262. The summed E-state index contributed by atoms with van der Waals surface area (Å²) in [6, 6.07) is 1.24. The highest BCUT2D eigenvalue weighted by molar-refractivity contribution is 6.37. The van der Waals surface area contributed by atoms with Gasteiger partial charge in [-0.15, -0.1) is 0 Å². The van der Waals surface area contributed by atoms with E-state index in [1.54, 1.807) is 0 Å². The van der Waals surface area contributed by atoms with Crippen molar-refractivity contribution < 1.29 is 0 Å². The molecule has 0 aromatic rings. The van der Waals surface area contributed by atoms with Crippen molar-refractivity contribution in [3.05, 3.63) is 6.55 Å². The van der Waals surface area contributed by atoms with Crippen molar-refractivity contribution in [1.82, 2.24) is 0 Å². The van der Waals surface area contributed by atoms with E-state index in [1.807, 2.05) is 0 Å². The Bertz CT molecular complexity index is 5.25. The van der Waals surface area contributed by atoms with Gasteiger partial charge in [-0.1, -0.05) is 19.5 Å². The largest absolute Gasteiger partial charge is 0.0683 e. The predicted molar refractivity (Wildman–Crippen MR) is 23.3 cm³/mol. The van der Waals surface area contributed by atoms with Gasteiger partial charge in [0.05, 0.1) is 0 Å². The molecule has 0 nitrogen and oxygen atoms in total. The lowest BCUT2D eigenvalue weighted by Gasteiger charge is -1.65. The van der Waals surface area contributed by atoms with E-state index in [9.17, 15) is 0 Å². The molecule has 0 aliphatic rings. The van der Waals surface area contributed by atoms with Crippen LogP contribution in [0.15, 0.2) is 0 Å². The molecule has 0 saturated carbocycles. The van der Waals surface area contributed by atoms with Gasteiger partial charge < -0.3 is 0 Å². The summed E-state index contributed by atoms with van der Waals surface area (Å²) >= 11 is 0. The van der Waals surface area contributed by atoms with E-state index in [4.69, 9.17) is 6.55 Å². The minimum atomic E-state index is -0.0756. The van der Waals surface area contributed by atoms with Crippen molar-refractivity contribution in [3.8, 4) is 0 Å². The van der Waals surface area contributed by atoms with Crippen LogP contribution in [0.25, 0.3) is 0 Å². The topological polar surface area (TPSA) is 0 Å². The minimum Gasteiger partial charge on any atom is -0.0683 e. The van der Waals surface area contributed by atoms with E-state index in [-0.39, 0.29) is 9.52 Å². The van der Waals surface area contributed by atoms with Crippen LogP contribution in [0.2, 0.25) is 6.04 Å². The van der Waals surface area contributed by atoms with E-state index in [2.05, 4.69) is 6.92 Å². The smallest absolute Gasteiger partial charge is 0.0228 e. The van der Waals surface area contributed by atoms with Crippen LogP contribution in [-0.2, 0) is 0 Å². The molecule has 0 bridgehead atoms. The van der Waals surface area contributed by atoms with Crippen LogP contribution >= 0.6 is 0 Å². The van der Waals surface area contributed by atoms with E-state index in [1.165, 1.54) is 6.04 Å². The minimum absolute atomic E-state index is 0.0756. The number of rotatable bonds is 1. The molecule has 0 aliphatic carbocycles. The average molecular weight is 72.2 g/mol. The van der Waals surface area contributed by atoms with Crippen molar-refractivity contribution >= 4 is 9.52 Å². The molecule has 0 rings (SSSR count).